The van der Waals surface area contributed by atoms with E-state index in [0.29, 0.717) is 11.7 Å². The molecule has 8 heavy (non-hydrogen) atoms. The van der Waals surface area contributed by atoms with E-state index in [1.54, 1.807) is 0 Å². The van der Waals surface area contributed by atoms with Gasteiger partial charge in [-0.1, -0.05) is 0 Å². The Hall–Kier alpha value is -0.460. The van der Waals surface area contributed by atoms with Crippen LogP contribution in [0.2, 0.25) is 0 Å². The van der Waals surface area contributed by atoms with E-state index in [1.165, 1.54) is 12.8 Å². The van der Waals surface area contributed by atoms with Crippen molar-refractivity contribution in [2.75, 3.05) is 0 Å². The summed E-state index contributed by atoms with van der Waals surface area (Å²) in [4.78, 5) is 10.8. The molecule has 0 aliphatic heterocycles. The van der Waals surface area contributed by atoms with Crippen molar-refractivity contribution in [2.45, 2.75) is 19.3 Å². The lowest BCUT2D eigenvalue weighted by Crippen LogP contribution is -2.08. The van der Waals surface area contributed by atoms with Crippen molar-refractivity contribution < 1.29 is 4.79 Å². The predicted octanol–water partition coefficient (Wildman–Crippen LogP) is 1.19. The third-order valence-electron chi connectivity index (χ3n) is 2.24. The Kier molecular flexibility index (Phi) is 0.706. The van der Waals surface area contributed by atoms with Crippen molar-refractivity contribution in [3.8, 4) is 0 Å². The SMILES string of the molecule is O=C1CC2C[CH+]C1C2. The molecule has 1 heteroatoms. The first-order valence-electron chi connectivity index (χ1n) is 3.22. The minimum atomic E-state index is 0.375. The van der Waals surface area contributed by atoms with Crippen molar-refractivity contribution in [1.82, 2.24) is 0 Å². The van der Waals surface area contributed by atoms with Gasteiger partial charge in [0.1, 0.15) is 0 Å². The smallest absolute Gasteiger partial charge is 0.180 e. The lowest BCUT2D eigenvalue weighted by atomic mass is 10.00. The first-order chi connectivity index (χ1) is 3.86. The summed E-state index contributed by atoms with van der Waals surface area (Å²) in [5.41, 5.74) is 0. The van der Waals surface area contributed by atoms with Crippen molar-refractivity contribution in [1.29, 1.82) is 0 Å². The number of rotatable bonds is 0. The summed E-state index contributed by atoms with van der Waals surface area (Å²) < 4.78 is 0. The fourth-order valence-corrected chi connectivity index (χ4v) is 1.77. The van der Waals surface area contributed by atoms with E-state index < -0.39 is 0 Å². The van der Waals surface area contributed by atoms with E-state index in [-0.39, 0.29) is 0 Å². The zero-order valence-electron chi connectivity index (χ0n) is 4.76. The quantitative estimate of drug-likeness (QED) is 0.427. The Labute approximate surface area is 49.1 Å². The Morgan fingerprint density at radius 1 is 1.62 bits per heavy atom. The molecule has 2 rings (SSSR count). The molecule has 42 valence electrons. The molecule has 0 aromatic rings. The number of ketones is 1. The second-order valence-corrected chi connectivity index (χ2v) is 2.85. The standard InChI is InChI=1S/C7H9O/c8-7-4-5-1-2-6(7)3-5/h2,5-6H,1,3-4H2/q+1. The molecule has 2 aliphatic rings. The van der Waals surface area contributed by atoms with Crippen molar-refractivity contribution in [3.63, 3.8) is 0 Å². The van der Waals surface area contributed by atoms with Crippen LogP contribution in [0.25, 0.3) is 0 Å². The maximum absolute atomic E-state index is 10.8. The van der Waals surface area contributed by atoms with Crippen LogP contribution < -0.4 is 0 Å². The summed E-state index contributed by atoms with van der Waals surface area (Å²) in [6.45, 7) is 0. The van der Waals surface area contributed by atoms with Crippen LogP contribution in [0.4, 0.5) is 0 Å². The van der Waals surface area contributed by atoms with Gasteiger partial charge in [0.05, 0.1) is 12.8 Å². The second-order valence-electron chi connectivity index (χ2n) is 2.85. The second kappa shape index (κ2) is 1.28. The lowest BCUT2D eigenvalue weighted by molar-refractivity contribution is -0.120. The number of carbonyl (C=O) groups is 1. The van der Waals surface area contributed by atoms with Gasteiger partial charge in [0, 0.05) is 18.8 Å². The molecule has 2 unspecified atom stereocenters. The summed E-state index contributed by atoms with van der Waals surface area (Å²) >= 11 is 0. The largest absolute Gasteiger partial charge is 0.295 e. The molecule has 0 heterocycles. The predicted molar refractivity (Wildman–Crippen MR) is 30.1 cm³/mol. The van der Waals surface area contributed by atoms with Gasteiger partial charge in [0.2, 0.25) is 0 Å². The Morgan fingerprint density at radius 3 is 2.75 bits per heavy atom. The zero-order chi connectivity index (χ0) is 5.56. The first kappa shape index (κ1) is 4.42. The van der Waals surface area contributed by atoms with Gasteiger partial charge in [-0.25, -0.2) is 0 Å². The monoisotopic (exact) mass is 109 g/mol. The molecule has 2 atom stereocenters. The zero-order valence-corrected chi connectivity index (χ0v) is 4.76. The summed E-state index contributed by atoms with van der Waals surface area (Å²) in [5, 5.41) is 0. The van der Waals surface area contributed by atoms with Gasteiger partial charge in [-0.05, 0) is 0 Å². The molecule has 2 bridgehead atoms. The van der Waals surface area contributed by atoms with Gasteiger partial charge < -0.3 is 0 Å². The fourth-order valence-electron chi connectivity index (χ4n) is 1.77. The van der Waals surface area contributed by atoms with Crippen molar-refractivity contribution in [2.24, 2.45) is 11.8 Å². The van der Waals surface area contributed by atoms with Crippen LogP contribution >= 0.6 is 0 Å². The minimum Gasteiger partial charge on any atom is -0.295 e. The molecule has 0 spiro atoms. The van der Waals surface area contributed by atoms with Crippen LogP contribution in [0.3, 0.4) is 0 Å². The average Bonchev–Trinajstić information content (AvgIpc) is 2.23. The van der Waals surface area contributed by atoms with Gasteiger partial charge in [0.15, 0.2) is 11.7 Å². The maximum atomic E-state index is 10.8. The molecular weight excluding hydrogens is 100 g/mol. The summed E-state index contributed by atoms with van der Waals surface area (Å²) in [5.74, 6) is 1.61. The molecule has 0 aromatic heterocycles. The molecule has 2 aliphatic carbocycles. The first-order valence-corrected chi connectivity index (χ1v) is 3.22. The van der Waals surface area contributed by atoms with Crippen LogP contribution in [-0.2, 0) is 4.79 Å². The Bertz CT molecular complexity index is 128. The van der Waals surface area contributed by atoms with E-state index in [9.17, 15) is 4.79 Å². The topological polar surface area (TPSA) is 17.1 Å². The molecular formula is C7H9O+. The highest BCUT2D eigenvalue weighted by molar-refractivity contribution is 5.85. The van der Waals surface area contributed by atoms with Crippen LogP contribution in [-0.4, -0.2) is 5.78 Å². The minimum absolute atomic E-state index is 0.375. The molecule has 0 saturated heterocycles. The third kappa shape index (κ3) is 0.417. The van der Waals surface area contributed by atoms with Gasteiger partial charge in [-0.15, -0.1) is 0 Å². The molecule has 0 aromatic carbocycles. The molecule has 0 N–H and O–H groups in total. The third-order valence-corrected chi connectivity index (χ3v) is 2.24. The normalized spacial score (nSPS) is 42.8. The molecule has 2 fully saturated rings. The van der Waals surface area contributed by atoms with E-state index in [4.69, 9.17) is 0 Å². The molecule has 1 nitrogen and oxygen atoms in total. The van der Waals surface area contributed by atoms with Crippen LogP contribution in [0, 0.1) is 18.3 Å². The Balaban J connectivity index is 2.22. The number of carbonyl (C=O) groups excluding carboxylic acids is 1. The van der Waals surface area contributed by atoms with E-state index in [1.807, 2.05) is 0 Å². The highest BCUT2D eigenvalue weighted by Crippen LogP contribution is 2.40. The van der Waals surface area contributed by atoms with E-state index >= 15 is 0 Å². The highest BCUT2D eigenvalue weighted by Gasteiger charge is 2.45. The van der Waals surface area contributed by atoms with Crippen molar-refractivity contribution in [3.05, 3.63) is 6.42 Å². The summed E-state index contributed by atoms with van der Waals surface area (Å²) in [6, 6.07) is 0. The molecule has 0 radical (unpaired) electrons. The summed E-state index contributed by atoms with van der Waals surface area (Å²) in [6.07, 6.45) is 5.42. The number of hydrogen-bond donors (Lipinski definition) is 0. The maximum Gasteiger partial charge on any atom is 0.180 e. The van der Waals surface area contributed by atoms with Gasteiger partial charge in [-0.2, -0.15) is 0 Å². The van der Waals surface area contributed by atoms with E-state index in [0.717, 1.165) is 12.3 Å². The molecule has 2 saturated carbocycles. The van der Waals surface area contributed by atoms with Crippen LogP contribution in [0.1, 0.15) is 19.3 Å². The summed E-state index contributed by atoms with van der Waals surface area (Å²) in [7, 11) is 0. The fraction of sp³-hybridized carbons (Fsp3) is 0.714. The van der Waals surface area contributed by atoms with Crippen LogP contribution in [0.15, 0.2) is 0 Å². The van der Waals surface area contributed by atoms with Crippen molar-refractivity contribution >= 4 is 5.78 Å². The van der Waals surface area contributed by atoms with E-state index in [2.05, 4.69) is 6.42 Å². The van der Waals surface area contributed by atoms with Crippen LogP contribution in [0.5, 0.6) is 0 Å². The number of hydrogen-bond acceptors (Lipinski definition) is 1. The number of Topliss-reactive ketones (excluding diaryl/α,β-unsaturated/α-hetero) is 1. The Morgan fingerprint density at radius 2 is 2.50 bits per heavy atom. The van der Waals surface area contributed by atoms with Gasteiger partial charge >= 0.3 is 0 Å². The molecule has 0 amide bonds. The average molecular weight is 109 g/mol. The highest BCUT2D eigenvalue weighted by atomic mass is 16.1. The van der Waals surface area contributed by atoms with Gasteiger partial charge in [-0.3, -0.25) is 4.79 Å². The lowest BCUT2D eigenvalue weighted by Gasteiger charge is -1.96. The number of fused-ring (bicyclic) bond motifs is 2. The van der Waals surface area contributed by atoms with Gasteiger partial charge in [0.25, 0.3) is 0 Å².